The number of amides is 4. The van der Waals surface area contributed by atoms with Gasteiger partial charge in [-0.05, 0) is 74.8 Å². The molecule has 0 aliphatic carbocycles. The Morgan fingerprint density at radius 3 is 2.29 bits per heavy atom. The number of carbonyl (C=O) groups is 4. The van der Waals surface area contributed by atoms with Gasteiger partial charge in [0, 0.05) is 62.9 Å². The Bertz CT molecular complexity index is 1920. The number of methoxy groups -OCH3 is 1. The summed E-state index contributed by atoms with van der Waals surface area (Å²) in [6.07, 6.45) is 3.72. The van der Waals surface area contributed by atoms with E-state index in [9.17, 15) is 19.2 Å². The lowest BCUT2D eigenvalue weighted by atomic mass is 9.79. The summed E-state index contributed by atoms with van der Waals surface area (Å²) in [7, 11) is 5.02. The zero-order valence-corrected chi connectivity index (χ0v) is 30.6. The zero-order valence-electron chi connectivity index (χ0n) is 30.6. The number of ether oxygens (including phenoxy) is 2. The molecule has 2 saturated heterocycles. The smallest absolute Gasteiger partial charge is 0.256 e. The third kappa shape index (κ3) is 7.78. The molecular formula is C41H49N5O6. The van der Waals surface area contributed by atoms with Gasteiger partial charge >= 0.3 is 0 Å². The molecule has 0 bridgehead atoms. The Kier molecular flexibility index (Phi) is 11.2. The number of fused-ring (bicyclic) bond motifs is 2. The molecule has 3 aromatic carbocycles. The van der Waals surface area contributed by atoms with Gasteiger partial charge in [-0.3, -0.25) is 19.2 Å². The first kappa shape index (κ1) is 36.5. The summed E-state index contributed by atoms with van der Waals surface area (Å²) >= 11 is 0. The van der Waals surface area contributed by atoms with Crippen molar-refractivity contribution in [2.24, 2.45) is 24.8 Å². The summed E-state index contributed by atoms with van der Waals surface area (Å²) < 4.78 is 13.3. The molecule has 2 N–H and O–H groups in total. The van der Waals surface area contributed by atoms with Crippen LogP contribution in [-0.2, 0) is 23.1 Å². The summed E-state index contributed by atoms with van der Waals surface area (Å²) in [4.78, 5) is 59.1. The van der Waals surface area contributed by atoms with Crippen LogP contribution in [0.15, 0.2) is 79.0 Å². The second-order valence-electron chi connectivity index (χ2n) is 14.2. The van der Waals surface area contributed by atoms with Crippen molar-refractivity contribution in [3.8, 4) is 11.5 Å². The molecule has 2 aliphatic heterocycles. The van der Waals surface area contributed by atoms with Crippen molar-refractivity contribution in [1.29, 1.82) is 0 Å². The maximum absolute atomic E-state index is 14.3. The molecule has 0 radical (unpaired) electrons. The number of para-hydroxylation sites is 1. The van der Waals surface area contributed by atoms with E-state index in [4.69, 9.17) is 9.47 Å². The van der Waals surface area contributed by atoms with E-state index in [1.54, 1.807) is 42.2 Å². The molecule has 4 amide bonds. The predicted molar refractivity (Wildman–Crippen MR) is 199 cm³/mol. The van der Waals surface area contributed by atoms with Gasteiger partial charge in [-0.15, -0.1) is 0 Å². The van der Waals surface area contributed by atoms with Gasteiger partial charge in [0.15, 0.2) is 11.5 Å². The monoisotopic (exact) mass is 707 g/mol. The normalized spacial score (nSPS) is 18.9. The van der Waals surface area contributed by atoms with Crippen LogP contribution in [0, 0.1) is 17.8 Å². The van der Waals surface area contributed by atoms with Crippen molar-refractivity contribution < 1.29 is 28.7 Å². The van der Waals surface area contributed by atoms with E-state index in [0.29, 0.717) is 55.1 Å². The largest absolute Gasteiger partial charge is 0.493 e. The van der Waals surface area contributed by atoms with E-state index in [1.807, 2.05) is 86.3 Å². The first-order valence-electron chi connectivity index (χ1n) is 18.1. The van der Waals surface area contributed by atoms with Gasteiger partial charge in [-0.2, -0.15) is 0 Å². The van der Waals surface area contributed by atoms with Crippen LogP contribution in [0.1, 0.15) is 53.0 Å². The molecule has 52 heavy (non-hydrogen) atoms. The number of nitrogens with zero attached hydrogens (tertiary/aromatic N) is 3. The maximum Gasteiger partial charge on any atom is 0.256 e. The van der Waals surface area contributed by atoms with Crippen molar-refractivity contribution >= 4 is 34.5 Å². The molecule has 11 nitrogen and oxygen atoms in total. The molecule has 11 heteroatoms. The van der Waals surface area contributed by atoms with Crippen LogP contribution >= 0.6 is 0 Å². The molecule has 3 heterocycles. The topological polar surface area (TPSA) is 122 Å². The molecule has 1 aromatic heterocycles. The number of nitrogens with one attached hydrogen (secondary N) is 2. The first-order chi connectivity index (χ1) is 25.1. The van der Waals surface area contributed by atoms with Gasteiger partial charge in [0.25, 0.3) is 11.8 Å². The molecule has 0 spiro atoms. The van der Waals surface area contributed by atoms with E-state index >= 15 is 0 Å². The number of benzene rings is 3. The summed E-state index contributed by atoms with van der Waals surface area (Å²) in [5, 5.41) is 6.61. The van der Waals surface area contributed by atoms with Crippen molar-refractivity contribution in [3.05, 3.63) is 95.7 Å². The highest BCUT2D eigenvalue weighted by Crippen LogP contribution is 2.38. The van der Waals surface area contributed by atoms with Crippen LogP contribution in [0.4, 0.5) is 0 Å². The van der Waals surface area contributed by atoms with Crippen molar-refractivity contribution in [1.82, 2.24) is 25.0 Å². The van der Waals surface area contributed by atoms with Gasteiger partial charge in [0.2, 0.25) is 11.8 Å². The first-order valence-corrected chi connectivity index (χ1v) is 18.1. The second kappa shape index (κ2) is 15.9. The van der Waals surface area contributed by atoms with Crippen LogP contribution in [0.5, 0.6) is 11.5 Å². The SMILES string of the molecule is CNC(=O)[C@H](CCCc1ccccc1)NC(=O)C1CN(C(=O)c2cn(C)c3ccccc23)CC2CN(C(=O)c3ccc(OC(C)C)c(OC)c3)CC21. The average Bonchev–Trinajstić information content (AvgIpc) is 3.74. The Balaban J connectivity index is 1.25. The number of carbonyl (C=O) groups excluding carboxylic acids is 4. The summed E-state index contributed by atoms with van der Waals surface area (Å²) in [5.74, 6) is -0.855. The lowest BCUT2D eigenvalue weighted by Gasteiger charge is -2.40. The van der Waals surface area contributed by atoms with Gasteiger partial charge in [0.05, 0.1) is 24.7 Å². The Morgan fingerprint density at radius 2 is 1.58 bits per heavy atom. The fraction of sp³-hybridized carbons (Fsp3) is 0.415. The number of hydrogen-bond donors (Lipinski definition) is 2. The van der Waals surface area contributed by atoms with Crippen LogP contribution in [-0.4, -0.2) is 90.5 Å². The highest BCUT2D eigenvalue weighted by atomic mass is 16.5. The Morgan fingerprint density at radius 1 is 0.865 bits per heavy atom. The molecule has 2 fully saturated rings. The highest BCUT2D eigenvalue weighted by molar-refractivity contribution is 6.07. The van der Waals surface area contributed by atoms with E-state index in [2.05, 4.69) is 10.6 Å². The third-order valence-corrected chi connectivity index (χ3v) is 10.4. The van der Waals surface area contributed by atoms with Crippen LogP contribution in [0.3, 0.4) is 0 Å². The van der Waals surface area contributed by atoms with Crippen LogP contribution < -0.4 is 20.1 Å². The van der Waals surface area contributed by atoms with Gasteiger partial charge in [0.1, 0.15) is 6.04 Å². The standard InChI is InChI=1S/C41H49N5O6/c1-26(2)52-36-19-18-28(20-37(36)51-5)40(49)45-21-29-22-46(41(50)33-23-44(4)35-17-10-9-15-30(33)35)25-32(31(29)24-45)38(47)43-34(39(48)42-3)16-11-14-27-12-7-6-8-13-27/h6-10,12-13,15,17-20,23,26,29,31-32,34H,11,14,16,21-22,24-25H2,1-5H3,(H,42,48)(H,43,47)/t29?,31?,32?,34-/m0/s1. The number of hydrogen-bond acceptors (Lipinski definition) is 6. The van der Waals surface area contributed by atoms with Gasteiger partial charge < -0.3 is 34.5 Å². The van der Waals surface area contributed by atoms with Crippen molar-refractivity contribution in [3.63, 3.8) is 0 Å². The lowest BCUT2D eigenvalue weighted by Crippen LogP contribution is -2.56. The minimum atomic E-state index is -0.734. The molecule has 0 saturated carbocycles. The minimum Gasteiger partial charge on any atom is -0.493 e. The molecule has 3 unspecified atom stereocenters. The fourth-order valence-electron chi connectivity index (χ4n) is 7.78. The third-order valence-electron chi connectivity index (χ3n) is 10.4. The van der Waals surface area contributed by atoms with Crippen LogP contribution in [0.2, 0.25) is 0 Å². The number of rotatable bonds is 12. The molecule has 4 atom stereocenters. The van der Waals surface area contributed by atoms with E-state index in [0.717, 1.165) is 22.9 Å². The molecule has 6 rings (SSSR count). The fourth-order valence-corrected chi connectivity index (χ4v) is 7.78. The second-order valence-corrected chi connectivity index (χ2v) is 14.2. The minimum absolute atomic E-state index is 0.0633. The molecule has 274 valence electrons. The Labute approximate surface area is 305 Å². The molecular weight excluding hydrogens is 658 g/mol. The number of aromatic nitrogens is 1. The predicted octanol–water partition coefficient (Wildman–Crippen LogP) is 4.69. The van der Waals surface area contributed by atoms with Gasteiger partial charge in [-0.1, -0.05) is 48.5 Å². The zero-order chi connectivity index (χ0) is 36.9. The highest BCUT2D eigenvalue weighted by Gasteiger charge is 2.48. The summed E-state index contributed by atoms with van der Waals surface area (Å²) in [6.45, 7) is 5.16. The van der Waals surface area contributed by atoms with E-state index in [-0.39, 0.29) is 48.1 Å². The summed E-state index contributed by atoms with van der Waals surface area (Å²) in [6, 6.07) is 22.2. The number of likely N-dealkylation sites (tertiary alicyclic amines) is 2. The van der Waals surface area contributed by atoms with Crippen molar-refractivity contribution in [2.75, 3.05) is 40.3 Å². The number of likely N-dealkylation sites (N-methyl/N-ethyl adjacent to an activating group) is 1. The summed E-state index contributed by atoms with van der Waals surface area (Å²) in [5.41, 5.74) is 3.13. The van der Waals surface area contributed by atoms with Crippen LogP contribution in [0.25, 0.3) is 10.9 Å². The van der Waals surface area contributed by atoms with E-state index in [1.165, 1.54) is 0 Å². The Hall–Kier alpha value is -5.32. The van der Waals surface area contributed by atoms with Crippen molar-refractivity contribution in [2.45, 2.75) is 45.3 Å². The quantitative estimate of drug-likeness (QED) is 0.221. The van der Waals surface area contributed by atoms with Gasteiger partial charge in [-0.25, -0.2) is 0 Å². The number of aryl methyl sites for hydroxylation is 2. The van der Waals surface area contributed by atoms with E-state index < -0.39 is 12.0 Å². The maximum atomic E-state index is 14.3. The molecule has 2 aliphatic rings. The lowest BCUT2D eigenvalue weighted by molar-refractivity contribution is -0.133. The molecule has 4 aromatic rings. The average molecular weight is 708 g/mol. The number of piperidine rings is 1.